The van der Waals surface area contributed by atoms with Crippen molar-refractivity contribution in [2.24, 2.45) is 5.92 Å². The predicted molar refractivity (Wildman–Crippen MR) is 67.6 cm³/mol. The first-order valence-corrected chi connectivity index (χ1v) is 6.18. The Hall–Kier alpha value is -1.03. The lowest BCUT2D eigenvalue weighted by molar-refractivity contribution is -0.137. The summed E-state index contributed by atoms with van der Waals surface area (Å²) in [5, 5.41) is 3.26. The van der Waals surface area contributed by atoms with Crippen LogP contribution in [0.3, 0.4) is 0 Å². The Balaban J connectivity index is 2.66. The van der Waals surface area contributed by atoms with Crippen LogP contribution in [0.4, 0.5) is 13.2 Å². The summed E-state index contributed by atoms with van der Waals surface area (Å²) in [5.41, 5.74) is 0.150. The number of hydrogen-bond acceptors (Lipinski definition) is 1. The molecule has 1 unspecified atom stereocenters. The van der Waals surface area contributed by atoms with Gasteiger partial charge in [-0.15, -0.1) is 0 Å². The van der Waals surface area contributed by atoms with Gasteiger partial charge in [-0.05, 0) is 30.0 Å². The van der Waals surface area contributed by atoms with Gasteiger partial charge in [-0.3, -0.25) is 0 Å². The minimum Gasteiger partial charge on any atom is -0.316 e. The summed E-state index contributed by atoms with van der Waals surface area (Å²) in [7, 11) is 0. The summed E-state index contributed by atoms with van der Waals surface area (Å²) in [5.74, 6) is 0.616. The lowest BCUT2D eigenvalue weighted by Gasteiger charge is -2.16. The average molecular weight is 259 g/mol. The molecule has 0 amide bonds. The van der Waals surface area contributed by atoms with Crippen molar-refractivity contribution in [1.82, 2.24) is 5.32 Å². The van der Waals surface area contributed by atoms with Crippen LogP contribution in [0.2, 0.25) is 0 Å². The molecule has 0 fully saturated rings. The van der Waals surface area contributed by atoms with E-state index in [1.54, 1.807) is 6.07 Å². The van der Waals surface area contributed by atoms with Gasteiger partial charge in [-0.25, -0.2) is 0 Å². The molecular weight excluding hydrogens is 239 g/mol. The third kappa shape index (κ3) is 4.69. The first kappa shape index (κ1) is 15.0. The van der Waals surface area contributed by atoms with Crippen LogP contribution in [-0.2, 0) is 6.18 Å². The second-order valence-electron chi connectivity index (χ2n) is 5.08. The van der Waals surface area contributed by atoms with E-state index in [0.717, 1.165) is 18.2 Å². The second kappa shape index (κ2) is 6.23. The van der Waals surface area contributed by atoms with E-state index in [0.29, 0.717) is 12.5 Å². The number of nitrogens with one attached hydrogen (secondary N) is 1. The third-order valence-corrected chi connectivity index (χ3v) is 2.79. The molecule has 102 valence electrons. The van der Waals surface area contributed by atoms with E-state index in [-0.39, 0.29) is 5.92 Å². The monoisotopic (exact) mass is 259 g/mol. The van der Waals surface area contributed by atoms with Crippen LogP contribution in [0.25, 0.3) is 0 Å². The Morgan fingerprint density at radius 1 is 1.11 bits per heavy atom. The van der Waals surface area contributed by atoms with Crippen molar-refractivity contribution in [3.8, 4) is 0 Å². The van der Waals surface area contributed by atoms with Crippen molar-refractivity contribution in [3.63, 3.8) is 0 Å². The third-order valence-electron chi connectivity index (χ3n) is 2.79. The zero-order chi connectivity index (χ0) is 13.8. The molecule has 1 N–H and O–H groups in total. The van der Waals surface area contributed by atoms with Crippen molar-refractivity contribution in [1.29, 1.82) is 0 Å². The van der Waals surface area contributed by atoms with E-state index in [4.69, 9.17) is 0 Å². The highest BCUT2D eigenvalue weighted by atomic mass is 19.4. The SMILES string of the molecule is CC(C)CNCC(C)c1cccc(C(F)(F)F)c1. The summed E-state index contributed by atoms with van der Waals surface area (Å²) in [6, 6.07) is 5.56. The van der Waals surface area contributed by atoms with Crippen LogP contribution in [0, 0.1) is 5.92 Å². The second-order valence-corrected chi connectivity index (χ2v) is 5.08. The van der Waals surface area contributed by atoms with Crippen molar-refractivity contribution < 1.29 is 13.2 Å². The number of rotatable bonds is 5. The van der Waals surface area contributed by atoms with Gasteiger partial charge in [-0.1, -0.05) is 39.0 Å². The van der Waals surface area contributed by atoms with Crippen LogP contribution in [0.5, 0.6) is 0 Å². The topological polar surface area (TPSA) is 12.0 Å². The minimum atomic E-state index is -4.26. The predicted octanol–water partition coefficient (Wildman–Crippen LogP) is 4.05. The van der Waals surface area contributed by atoms with Crippen molar-refractivity contribution in [2.75, 3.05) is 13.1 Å². The van der Waals surface area contributed by atoms with Gasteiger partial charge in [0.15, 0.2) is 0 Å². The van der Waals surface area contributed by atoms with Gasteiger partial charge in [0.1, 0.15) is 0 Å². The standard InChI is InChI=1S/C14H20F3N/c1-10(2)8-18-9-11(3)12-5-4-6-13(7-12)14(15,16)17/h4-7,10-11,18H,8-9H2,1-3H3. The van der Waals surface area contributed by atoms with Gasteiger partial charge in [0.2, 0.25) is 0 Å². The quantitative estimate of drug-likeness (QED) is 0.841. The molecule has 1 rings (SSSR count). The van der Waals surface area contributed by atoms with Crippen molar-refractivity contribution in [2.45, 2.75) is 32.9 Å². The molecule has 0 heterocycles. The average Bonchev–Trinajstić information content (AvgIpc) is 2.27. The van der Waals surface area contributed by atoms with Crippen LogP contribution in [0.1, 0.15) is 37.8 Å². The molecule has 1 nitrogen and oxygen atoms in total. The maximum Gasteiger partial charge on any atom is 0.416 e. The Kier molecular flexibility index (Phi) is 5.20. The Bertz CT molecular complexity index is 372. The van der Waals surface area contributed by atoms with Gasteiger partial charge in [0.05, 0.1) is 5.56 Å². The van der Waals surface area contributed by atoms with Crippen LogP contribution >= 0.6 is 0 Å². The molecule has 1 aromatic rings. The molecule has 0 radical (unpaired) electrons. The summed E-state index contributed by atoms with van der Waals surface area (Å²) < 4.78 is 37.7. The smallest absolute Gasteiger partial charge is 0.316 e. The van der Waals surface area contributed by atoms with Crippen molar-refractivity contribution in [3.05, 3.63) is 35.4 Å². The molecule has 0 bridgehead atoms. The number of benzene rings is 1. The minimum absolute atomic E-state index is 0.0750. The van der Waals surface area contributed by atoms with E-state index in [2.05, 4.69) is 19.2 Å². The summed E-state index contributed by atoms with van der Waals surface area (Å²) >= 11 is 0. The van der Waals surface area contributed by atoms with Crippen LogP contribution in [-0.4, -0.2) is 13.1 Å². The van der Waals surface area contributed by atoms with Crippen LogP contribution < -0.4 is 5.32 Å². The fourth-order valence-corrected chi connectivity index (χ4v) is 1.73. The number of halogens is 3. The molecular formula is C14H20F3N. The molecule has 1 atom stereocenters. The van der Waals surface area contributed by atoms with Crippen molar-refractivity contribution >= 4 is 0 Å². The Morgan fingerprint density at radius 3 is 2.33 bits per heavy atom. The highest BCUT2D eigenvalue weighted by Crippen LogP contribution is 2.30. The molecule has 4 heteroatoms. The fourth-order valence-electron chi connectivity index (χ4n) is 1.73. The van der Waals surface area contributed by atoms with Gasteiger partial charge < -0.3 is 5.32 Å². The van der Waals surface area contributed by atoms with E-state index in [1.807, 2.05) is 6.92 Å². The van der Waals surface area contributed by atoms with E-state index >= 15 is 0 Å². The first-order chi connectivity index (χ1) is 8.30. The first-order valence-electron chi connectivity index (χ1n) is 6.18. The lowest BCUT2D eigenvalue weighted by atomic mass is 9.98. The Morgan fingerprint density at radius 2 is 1.78 bits per heavy atom. The number of hydrogen-bond donors (Lipinski definition) is 1. The van der Waals surface area contributed by atoms with E-state index in [1.165, 1.54) is 12.1 Å². The number of alkyl halides is 3. The lowest BCUT2D eigenvalue weighted by Crippen LogP contribution is -2.24. The molecule has 1 aromatic carbocycles. The van der Waals surface area contributed by atoms with Crippen LogP contribution in [0.15, 0.2) is 24.3 Å². The largest absolute Gasteiger partial charge is 0.416 e. The molecule has 0 spiro atoms. The Labute approximate surface area is 106 Å². The van der Waals surface area contributed by atoms with Gasteiger partial charge in [-0.2, -0.15) is 13.2 Å². The maximum absolute atomic E-state index is 12.6. The normalized spacial score (nSPS) is 13.9. The zero-order valence-corrected chi connectivity index (χ0v) is 11.0. The highest BCUT2D eigenvalue weighted by molar-refractivity contribution is 5.28. The highest BCUT2D eigenvalue weighted by Gasteiger charge is 2.30. The van der Waals surface area contributed by atoms with Gasteiger partial charge in [0.25, 0.3) is 0 Å². The maximum atomic E-state index is 12.6. The molecule has 0 saturated carbocycles. The molecule has 0 aromatic heterocycles. The van der Waals surface area contributed by atoms with Gasteiger partial charge in [0, 0.05) is 6.54 Å². The fraction of sp³-hybridized carbons (Fsp3) is 0.571. The molecule has 0 saturated heterocycles. The van der Waals surface area contributed by atoms with E-state index < -0.39 is 11.7 Å². The molecule has 18 heavy (non-hydrogen) atoms. The van der Waals surface area contributed by atoms with E-state index in [9.17, 15) is 13.2 Å². The molecule has 0 aliphatic heterocycles. The summed E-state index contributed by atoms with van der Waals surface area (Å²) in [6.45, 7) is 7.70. The zero-order valence-electron chi connectivity index (χ0n) is 11.0. The molecule has 0 aliphatic rings. The summed E-state index contributed by atoms with van der Waals surface area (Å²) in [4.78, 5) is 0. The summed E-state index contributed by atoms with van der Waals surface area (Å²) in [6.07, 6.45) is -4.26. The van der Waals surface area contributed by atoms with Gasteiger partial charge >= 0.3 is 6.18 Å². The molecule has 0 aliphatic carbocycles.